The molecule has 1 amide bonds. The fourth-order valence-corrected chi connectivity index (χ4v) is 7.07. The van der Waals surface area contributed by atoms with Crippen molar-refractivity contribution in [3.63, 3.8) is 0 Å². The molecule has 41 heavy (non-hydrogen) atoms. The van der Waals surface area contributed by atoms with Gasteiger partial charge in [0, 0.05) is 33.3 Å². The molecular formula is C30H32ClN8OS+. The Bertz CT molecular complexity index is 1650. The van der Waals surface area contributed by atoms with E-state index in [4.69, 9.17) is 23.1 Å². The Kier molecular flexibility index (Phi) is 7.56. The highest BCUT2D eigenvalue weighted by molar-refractivity contribution is 7.16. The molecule has 210 valence electrons. The second-order valence-corrected chi connectivity index (χ2v) is 12.6. The van der Waals surface area contributed by atoms with E-state index in [0.717, 1.165) is 63.2 Å². The van der Waals surface area contributed by atoms with E-state index in [-0.39, 0.29) is 11.9 Å². The van der Waals surface area contributed by atoms with E-state index in [1.165, 1.54) is 17.5 Å². The van der Waals surface area contributed by atoms with E-state index in [0.29, 0.717) is 35.8 Å². The van der Waals surface area contributed by atoms with Crippen molar-refractivity contribution in [3.05, 3.63) is 81.5 Å². The minimum absolute atomic E-state index is 0.208. The first kappa shape index (κ1) is 27.5. The van der Waals surface area contributed by atoms with Gasteiger partial charge in [0.15, 0.2) is 0 Å². The number of aromatic nitrogens is 4. The molecule has 1 saturated heterocycles. The number of hydrogen-bond acceptors (Lipinski definition) is 9. The Morgan fingerprint density at radius 3 is 2.10 bits per heavy atom. The Morgan fingerprint density at radius 1 is 0.927 bits per heavy atom. The third kappa shape index (κ3) is 5.60. The van der Waals surface area contributed by atoms with Crippen LogP contribution in [0.25, 0.3) is 21.8 Å². The minimum atomic E-state index is -0.215. The third-order valence-corrected chi connectivity index (χ3v) is 9.41. The van der Waals surface area contributed by atoms with Gasteiger partial charge in [-0.25, -0.2) is 24.7 Å². The number of anilines is 2. The predicted molar refractivity (Wildman–Crippen MR) is 164 cm³/mol. The number of halogens is 1. The average molecular weight is 588 g/mol. The lowest BCUT2D eigenvalue weighted by atomic mass is 10.0. The lowest BCUT2D eigenvalue weighted by molar-refractivity contribution is -0.885. The second-order valence-electron chi connectivity index (χ2n) is 10.8. The zero-order valence-corrected chi connectivity index (χ0v) is 24.4. The SMILES string of the molecule is C[C@H]1C(=O)[N+](Cc2ccc3c(N)ncnc3c2)(Cc2ccc3c(N)ncnc3c2)CCN1CCCc1ccc(Cl)s1. The van der Waals surface area contributed by atoms with Crippen LogP contribution in [0.5, 0.6) is 0 Å². The Morgan fingerprint density at radius 2 is 1.54 bits per heavy atom. The molecule has 4 N–H and O–H groups in total. The van der Waals surface area contributed by atoms with Crippen LogP contribution in [0, 0.1) is 0 Å². The number of benzene rings is 2. The van der Waals surface area contributed by atoms with Gasteiger partial charge in [-0.05, 0) is 62.7 Å². The molecule has 0 radical (unpaired) electrons. The third-order valence-electron chi connectivity index (χ3n) is 8.12. The zero-order chi connectivity index (χ0) is 28.6. The van der Waals surface area contributed by atoms with Gasteiger partial charge in [-0.3, -0.25) is 9.38 Å². The number of nitrogens with two attached hydrogens (primary N) is 2. The number of rotatable bonds is 8. The van der Waals surface area contributed by atoms with E-state index in [9.17, 15) is 4.79 Å². The number of aryl methyl sites for hydroxylation is 1. The quantitative estimate of drug-likeness (QED) is 0.247. The molecule has 1 fully saturated rings. The fourth-order valence-electron chi connectivity index (χ4n) is 5.94. The van der Waals surface area contributed by atoms with Crippen LogP contribution < -0.4 is 11.5 Å². The number of amides is 1. The molecule has 0 saturated carbocycles. The summed E-state index contributed by atoms with van der Waals surface area (Å²) in [4.78, 5) is 35.0. The van der Waals surface area contributed by atoms with Gasteiger partial charge in [0.2, 0.25) is 0 Å². The first-order valence-corrected chi connectivity index (χ1v) is 14.9. The molecule has 5 aromatic rings. The number of piperazine rings is 1. The summed E-state index contributed by atoms with van der Waals surface area (Å²) in [6.07, 6.45) is 4.89. The number of hydrogen-bond donors (Lipinski definition) is 2. The van der Waals surface area contributed by atoms with Crippen LogP contribution >= 0.6 is 22.9 Å². The monoisotopic (exact) mass is 587 g/mol. The summed E-state index contributed by atoms with van der Waals surface area (Å²) in [6, 6.07) is 15.8. The van der Waals surface area contributed by atoms with Gasteiger partial charge in [-0.2, -0.15) is 0 Å². The van der Waals surface area contributed by atoms with Crippen molar-refractivity contribution < 1.29 is 9.28 Å². The van der Waals surface area contributed by atoms with Crippen LogP contribution in [0.15, 0.2) is 61.2 Å². The van der Waals surface area contributed by atoms with Crippen LogP contribution in [-0.2, 0) is 24.3 Å². The van der Waals surface area contributed by atoms with Crippen molar-refractivity contribution in [2.24, 2.45) is 0 Å². The van der Waals surface area contributed by atoms with E-state index in [1.54, 1.807) is 11.3 Å². The summed E-state index contributed by atoms with van der Waals surface area (Å²) in [5.74, 6) is 1.11. The summed E-state index contributed by atoms with van der Waals surface area (Å²) in [7, 11) is 0. The number of carbonyl (C=O) groups is 1. The lowest BCUT2D eigenvalue weighted by Crippen LogP contribution is -2.65. The highest BCUT2D eigenvalue weighted by Gasteiger charge is 2.46. The van der Waals surface area contributed by atoms with Crippen molar-refractivity contribution in [2.75, 3.05) is 31.1 Å². The van der Waals surface area contributed by atoms with Crippen molar-refractivity contribution >= 4 is 62.3 Å². The predicted octanol–water partition coefficient (Wildman–Crippen LogP) is 4.83. The molecule has 6 rings (SSSR count). The van der Waals surface area contributed by atoms with Crippen LogP contribution in [0.2, 0.25) is 4.34 Å². The van der Waals surface area contributed by atoms with E-state index in [1.807, 2.05) is 49.4 Å². The lowest BCUT2D eigenvalue weighted by Gasteiger charge is -2.45. The maximum absolute atomic E-state index is 14.4. The summed E-state index contributed by atoms with van der Waals surface area (Å²) in [5, 5.41) is 1.62. The second kappa shape index (κ2) is 11.3. The van der Waals surface area contributed by atoms with Crippen molar-refractivity contribution in [3.8, 4) is 0 Å². The largest absolute Gasteiger partial charge is 0.383 e. The molecule has 11 heteroatoms. The highest BCUT2D eigenvalue weighted by atomic mass is 35.5. The molecule has 1 aliphatic heterocycles. The number of quaternary nitrogens is 1. The topological polar surface area (TPSA) is 124 Å². The molecule has 4 heterocycles. The molecule has 0 unspecified atom stereocenters. The molecule has 9 nitrogen and oxygen atoms in total. The molecule has 1 atom stereocenters. The van der Waals surface area contributed by atoms with Crippen LogP contribution in [0.3, 0.4) is 0 Å². The fraction of sp³-hybridized carbons (Fsp3) is 0.300. The standard InChI is InChI=1S/C30H32ClN8OS/c1-19-30(40)39(12-11-38(19)10-2-3-22-6-9-27(31)41-22,15-20-4-7-23-25(13-20)34-17-36-28(23)32)16-21-5-8-24-26(14-21)35-18-37-29(24)33/h4-9,13-14,17-19H,2-3,10-12,15-16H2,1H3,(H2,32,34,36)(H2,33,35,37)/q+1/t19-/m0/s1. The van der Waals surface area contributed by atoms with Crippen molar-refractivity contribution in [1.29, 1.82) is 0 Å². The minimum Gasteiger partial charge on any atom is -0.383 e. The maximum atomic E-state index is 14.4. The van der Waals surface area contributed by atoms with Gasteiger partial charge in [-0.1, -0.05) is 23.7 Å². The Labute approximate surface area is 247 Å². The van der Waals surface area contributed by atoms with Crippen LogP contribution in [0.4, 0.5) is 11.6 Å². The zero-order valence-electron chi connectivity index (χ0n) is 22.8. The van der Waals surface area contributed by atoms with E-state index >= 15 is 0 Å². The van der Waals surface area contributed by atoms with Gasteiger partial charge in [0.25, 0.3) is 0 Å². The van der Waals surface area contributed by atoms with Crippen LogP contribution in [0.1, 0.15) is 29.3 Å². The first-order valence-electron chi connectivity index (χ1n) is 13.7. The maximum Gasteiger partial charge on any atom is 0.331 e. The molecule has 2 aromatic carbocycles. The molecule has 0 spiro atoms. The smallest absolute Gasteiger partial charge is 0.331 e. The summed E-state index contributed by atoms with van der Waals surface area (Å²) in [6.45, 7) is 5.52. The van der Waals surface area contributed by atoms with Gasteiger partial charge in [-0.15, -0.1) is 11.3 Å². The van der Waals surface area contributed by atoms with Crippen molar-refractivity contribution in [1.82, 2.24) is 24.8 Å². The molecule has 1 aliphatic rings. The van der Waals surface area contributed by atoms with Gasteiger partial charge in [0.1, 0.15) is 43.4 Å². The molecule has 0 aliphatic carbocycles. The number of carbonyl (C=O) groups excluding carboxylic acids is 1. The number of thiophene rings is 1. The van der Waals surface area contributed by atoms with E-state index in [2.05, 4.69) is 30.9 Å². The number of nitrogen functional groups attached to an aromatic ring is 2. The Hall–Kier alpha value is -3.70. The van der Waals surface area contributed by atoms with Gasteiger partial charge < -0.3 is 11.5 Å². The average Bonchev–Trinajstić information content (AvgIpc) is 3.38. The molecular weight excluding hydrogens is 556 g/mol. The summed E-state index contributed by atoms with van der Waals surface area (Å²) >= 11 is 7.73. The summed E-state index contributed by atoms with van der Waals surface area (Å²) in [5.41, 5.74) is 15.8. The number of fused-ring (bicyclic) bond motifs is 2. The number of nitrogens with zero attached hydrogens (tertiary/aromatic N) is 6. The molecule has 3 aromatic heterocycles. The van der Waals surface area contributed by atoms with Crippen LogP contribution in [-0.4, -0.2) is 60.9 Å². The normalized spacial score (nSPS) is 17.4. The molecule has 0 bridgehead atoms. The highest BCUT2D eigenvalue weighted by Crippen LogP contribution is 2.30. The van der Waals surface area contributed by atoms with Crippen molar-refractivity contribution in [2.45, 2.75) is 38.9 Å². The van der Waals surface area contributed by atoms with Gasteiger partial charge >= 0.3 is 5.91 Å². The summed E-state index contributed by atoms with van der Waals surface area (Å²) < 4.78 is 1.12. The van der Waals surface area contributed by atoms with Gasteiger partial charge in [0.05, 0.1) is 21.9 Å². The van der Waals surface area contributed by atoms with E-state index < -0.39 is 0 Å². The first-order chi connectivity index (χ1) is 19.8. The Balaban J connectivity index is 1.28.